The zero-order valence-electron chi connectivity index (χ0n) is 14.8. The molecule has 3 nitrogen and oxygen atoms in total. The number of halogens is 3. The summed E-state index contributed by atoms with van der Waals surface area (Å²) in [6.07, 6.45) is -2.08. The molecule has 0 radical (unpaired) electrons. The van der Waals surface area contributed by atoms with Crippen molar-refractivity contribution in [2.75, 3.05) is 12.4 Å². The maximum atomic E-state index is 13.2. The van der Waals surface area contributed by atoms with E-state index in [2.05, 4.69) is 11.9 Å². The van der Waals surface area contributed by atoms with E-state index >= 15 is 0 Å². The molecule has 0 fully saturated rings. The van der Waals surface area contributed by atoms with Crippen LogP contribution in [0.2, 0.25) is 0 Å². The van der Waals surface area contributed by atoms with Gasteiger partial charge in [-0.25, -0.2) is 0 Å². The second-order valence-electron chi connectivity index (χ2n) is 6.54. The number of nitrogens with one attached hydrogen (secondary N) is 1. The predicted molar refractivity (Wildman–Crippen MR) is 97.8 cm³/mol. The number of hydrogen-bond donors (Lipinski definition) is 1. The summed E-state index contributed by atoms with van der Waals surface area (Å²) >= 11 is 0. The number of fused-ring (bicyclic) bond motifs is 1. The van der Waals surface area contributed by atoms with Gasteiger partial charge in [-0.1, -0.05) is 24.3 Å². The maximum Gasteiger partial charge on any atom is 0.416 e. The molecule has 0 spiro atoms. The van der Waals surface area contributed by atoms with Crippen LogP contribution in [0.25, 0.3) is 0 Å². The summed E-state index contributed by atoms with van der Waals surface area (Å²) in [7, 11) is 1.54. The summed E-state index contributed by atoms with van der Waals surface area (Å²) in [5.74, 6) is -0.409. The molecule has 2 aromatic carbocycles. The standard InChI is InChI=1S/C21H20F3NO2/c1-3-6-16-17(15-7-4-5-8-19(15)27-2)12-13-11-14(21(22,23)24)9-10-18(13)25-20(16)26/h3-5,7-11,16-17H,1,6,12H2,2H3,(H,25,26). The van der Waals surface area contributed by atoms with Crippen LogP contribution in [0.15, 0.2) is 55.1 Å². The number of hydrogen-bond acceptors (Lipinski definition) is 2. The van der Waals surface area contributed by atoms with Crippen molar-refractivity contribution in [2.24, 2.45) is 5.92 Å². The third-order valence-corrected chi connectivity index (χ3v) is 4.91. The number of anilines is 1. The normalized spacial score (nSPS) is 19.6. The predicted octanol–water partition coefficient (Wildman–Crippen LogP) is 5.18. The van der Waals surface area contributed by atoms with Crippen LogP contribution in [-0.4, -0.2) is 13.0 Å². The Balaban J connectivity index is 2.12. The van der Waals surface area contributed by atoms with Crippen molar-refractivity contribution in [2.45, 2.75) is 24.9 Å². The lowest BCUT2D eigenvalue weighted by Crippen LogP contribution is -2.26. The number of para-hydroxylation sites is 1. The first-order chi connectivity index (χ1) is 12.8. The summed E-state index contributed by atoms with van der Waals surface area (Å²) < 4.78 is 44.9. The highest BCUT2D eigenvalue weighted by Crippen LogP contribution is 2.42. The molecule has 142 valence electrons. The Bertz CT molecular complexity index is 861. The molecule has 1 heterocycles. The van der Waals surface area contributed by atoms with E-state index in [1.54, 1.807) is 12.1 Å². The number of ether oxygens (including phenoxy) is 1. The van der Waals surface area contributed by atoms with Gasteiger partial charge in [0, 0.05) is 17.5 Å². The molecule has 1 amide bonds. The zero-order valence-corrected chi connectivity index (χ0v) is 14.8. The van der Waals surface area contributed by atoms with Gasteiger partial charge in [-0.2, -0.15) is 13.2 Å². The first-order valence-electron chi connectivity index (χ1n) is 8.60. The number of carbonyl (C=O) groups is 1. The van der Waals surface area contributed by atoms with Gasteiger partial charge in [-0.05, 0) is 48.2 Å². The van der Waals surface area contributed by atoms with Crippen LogP contribution >= 0.6 is 0 Å². The lowest BCUT2D eigenvalue weighted by molar-refractivity contribution is -0.137. The Morgan fingerprint density at radius 1 is 1.26 bits per heavy atom. The Morgan fingerprint density at radius 2 is 2.00 bits per heavy atom. The quantitative estimate of drug-likeness (QED) is 0.748. The van der Waals surface area contributed by atoms with Crippen LogP contribution in [0.5, 0.6) is 5.75 Å². The van der Waals surface area contributed by atoms with Crippen LogP contribution in [0.1, 0.15) is 29.0 Å². The van der Waals surface area contributed by atoms with Gasteiger partial charge < -0.3 is 10.1 Å². The van der Waals surface area contributed by atoms with Crippen LogP contribution < -0.4 is 10.1 Å². The molecule has 3 rings (SSSR count). The second-order valence-corrected chi connectivity index (χ2v) is 6.54. The molecular weight excluding hydrogens is 355 g/mol. The van der Waals surface area contributed by atoms with E-state index in [9.17, 15) is 18.0 Å². The Morgan fingerprint density at radius 3 is 2.67 bits per heavy atom. The molecule has 0 saturated carbocycles. The average Bonchev–Trinajstić information content (AvgIpc) is 2.77. The summed E-state index contributed by atoms with van der Waals surface area (Å²) in [5, 5.41) is 2.78. The molecule has 6 heteroatoms. The van der Waals surface area contributed by atoms with E-state index in [1.807, 2.05) is 18.2 Å². The number of amides is 1. The fourth-order valence-electron chi connectivity index (χ4n) is 3.60. The maximum absolute atomic E-state index is 13.2. The molecule has 0 saturated heterocycles. The summed E-state index contributed by atoms with van der Waals surface area (Å²) in [5.41, 5.74) is 0.948. The van der Waals surface area contributed by atoms with E-state index in [4.69, 9.17) is 4.74 Å². The summed E-state index contributed by atoms with van der Waals surface area (Å²) in [6, 6.07) is 10.7. The van der Waals surface area contributed by atoms with Crippen molar-refractivity contribution < 1.29 is 22.7 Å². The van der Waals surface area contributed by atoms with Gasteiger partial charge in [0.05, 0.1) is 12.7 Å². The van der Waals surface area contributed by atoms with Crippen molar-refractivity contribution in [3.8, 4) is 5.75 Å². The minimum atomic E-state index is -4.44. The Hall–Kier alpha value is -2.76. The van der Waals surface area contributed by atoms with Crippen LogP contribution in [0, 0.1) is 5.92 Å². The molecule has 0 aromatic heterocycles. The third-order valence-electron chi connectivity index (χ3n) is 4.91. The SMILES string of the molecule is C=CCC1C(=O)Nc2ccc(C(F)(F)F)cc2CC1c1ccccc1OC. The average molecular weight is 375 g/mol. The van der Waals surface area contributed by atoms with Crippen molar-refractivity contribution in [3.63, 3.8) is 0 Å². The summed E-state index contributed by atoms with van der Waals surface area (Å²) in [4.78, 5) is 12.8. The highest BCUT2D eigenvalue weighted by molar-refractivity contribution is 5.95. The van der Waals surface area contributed by atoms with E-state index in [0.717, 1.165) is 17.7 Å². The monoisotopic (exact) mass is 375 g/mol. The topological polar surface area (TPSA) is 38.3 Å². The number of rotatable bonds is 4. The van der Waals surface area contributed by atoms with Crippen LogP contribution in [0.4, 0.5) is 18.9 Å². The van der Waals surface area contributed by atoms with Crippen LogP contribution in [-0.2, 0) is 17.4 Å². The molecular formula is C21H20F3NO2. The number of benzene rings is 2. The molecule has 2 aromatic rings. The van der Waals surface area contributed by atoms with Crippen molar-refractivity contribution in [1.29, 1.82) is 0 Å². The van der Waals surface area contributed by atoms with Gasteiger partial charge in [-0.3, -0.25) is 4.79 Å². The minimum Gasteiger partial charge on any atom is -0.496 e. The largest absolute Gasteiger partial charge is 0.496 e. The van der Waals surface area contributed by atoms with Gasteiger partial charge in [0.15, 0.2) is 0 Å². The van der Waals surface area contributed by atoms with Crippen LogP contribution in [0.3, 0.4) is 0 Å². The summed E-state index contributed by atoms with van der Waals surface area (Å²) in [6.45, 7) is 3.73. The number of methoxy groups -OCH3 is 1. The third kappa shape index (κ3) is 3.84. The van der Waals surface area contributed by atoms with Gasteiger partial charge in [0.25, 0.3) is 0 Å². The highest BCUT2D eigenvalue weighted by Gasteiger charge is 2.36. The zero-order chi connectivity index (χ0) is 19.6. The van der Waals surface area contributed by atoms with Gasteiger partial charge in [0.1, 0.15) is 5.75 Å². The highest BCUT2D eigenvalue weighted by atomic mass is 19.4. The molecule has 1 N–H and O–H groups in total. The first kappa shape index (κ1) is 19.0. The van der Waals surface area contributed by atoms with Gasteiger partial charge in [0.2, 0.25) is 5.91 Å². The van der Waals surface area contributed by atoms with E-state index in [1.165, 1.54) is 13.2 Å². The van der Waals surface area contributed by atoms with Crippen molar-refractivity contribution >= 4 is 11.6 Å². The molecule has 2 atom stereocenters. The van der Waals surface area contributed by atoms with Crippen molar-refractivity contribution in [3.05, 3.63) is 71.8 Å². The minimum absolute atomic E-state index is 0.232. The van der Waals surface area contributed by atoms with E-state index < -0.39 is 17.7 Å². The lowest BCUT2D eigenvalue weighted by Gasteiger charge is -2.25. The fourth-order valence-corrected chi connectivity index (χ4v) is 3.60. The molecule has 1 aliphatic heterocycles. The van der Waals surface area contributed by atoms with Crippen molar-refractivity contribution in [1.82, 2.24) is 0 Å². The fraction of sp³-hybridized carbons (Fsp3) is 0.286. The second kappa shape index (κ2) is 7.47. The Kier molecular flexibility index (Phi) is 5.26. The molecule has 0 bridgehead atoms. The van der Waals surface area contributed by atoms with Gasteiger partial charge in [-0.15, -0.1) is 6.58 Å². The number of carbonyl (C=O) groups excluding carboxylic acids is 1. The lowest BCUT2D eigenvalue weighted by atomic mass is 9.79. The van der Waals surface area contributed by atoms with E-state index in [-0.39, 0.29) is 18.2 Å². The van der Waals surface area contributed by atoms with Gasteiger partial charge >= 0.3 is 6.18 Å². The number of alkyl halides is 3. The molecule has 27 heavy (non-hydrogen) atoms. The Labute approximate surface area is 155 Å². The molecule has 2 unspecified atom stereocenters. The van der Waals surface area contributed by atoms with E-state index in [0.29, 0.717) is 23.4 Å². The smallest absolute Gasteiger partial charge is 0.416 e. The molecule has 1 aliphatic rings. The number of allylic oxidation sites excluding steroid dienone is 1. The molecule has 0 aliphatic carbocycles. The first-order valence-corrected chi connectivity index (χ1v) is 8.60.